The van der Waals surface area contributed by atoms with Crippen molar-refractivity contribution in [2.75, 3.05) is 11.5 Å². The van der Waals surface area contributed by atoms with Crippen LogP contribution in [0.1, 0.15) is 62.5 Å². The van der Waals surface area contributed by atoms with Crippen LogP contribution in [0.2, 0.25) is 0 Å². The first-order chi connectivity index (χ1) is 14.5. The number of carbonyl (C=O) groups is 1. The number of aromatic amines is 1. The number of nitrogens with one attached hydrogen (secondary N) is 1. The van der Waals surface area contributed by atoms with E-state index < -0.39 is 15.3 Å². The van der Waals surface area contributed by atoms with Crippen LogP contribution in [-0.2, 0) is 21.7 Å². The quantitative estimate of drug-likeness (QED) is 0.656. The van der Waals surface area contributed by atoms with E-state index in [1.807, 2.05) is 32.0 Å². The van der Waals surface area contributed by atoms with Gasteiger partial charge in [0.05, 0.1) is 17.2 Å². The fraction of sp³-hybridized carbons (Fsp3) is 0.522. The Hall–Kier alpha value is -2.48. The van der Waals surface area contributed by atoms with E-state index in [4.69, 9.17) is 4.42 Å². The van der Waals surface area contributed by atoms with Crippen molar-refractivity contribution in [3.8, 4) is 11.5 Å². The number of carbonyl (C=O) groups excluding carboxylic acids is 1. The highest BCUT2D eigenvalue weighted by atomic mass is 32.2. The first kappa shape index (κ1) is 20.4. The molecule has 164 valence electrons. The Morgan fingerprint density at radius 1 is 1.16 bits per heavy atom. The van der Waals surface area contributed by atoms with E-state index in [0.717, 1.165) is 28.5 Å². The number of H-pyrrole nitrogens is 1. The minimum atomic E-state index is -2.93. The normalized spacial score (nSPS) is 23.9. The summed E-state index contributed by atoms with van der Waals surface area (Å²) in [5.41, 5.74) is 2.89. The molecule has 1 N–H and O–H groups in total. The molecule has 0 saturated carbocycles. The van der Waals surface area contributed by atoms with Crippen molar-refractivity contribution in [3.05, 3.63) is 35.3 Å². The molecule has 1 saturated heterocycles. The molecule has 0 amide bonds. The van der Waals surface area contributed by atoms with Crippen LogP contribution in [0.3, 0.4) is 0 Å². The second kappa shape index (κ2) is 6.51. The van der Waals surface area contributed by atoms with Gasteiger partial charge in [-0.15, -0.1) is 10.2 Å². The van der Waals surface area contributed by atoms with Gasteiger partial charge >= 0.3 is 0 Å². The highest BCUT2D eigenvalue weighted by Crippen LogP contribution is 2.48. The molecule has 1 aromatic carbocycles. The molecule has 3 aromatic rings. The lowest BCUT2D eigenvalue weighted by Crippen LogP contribution is -2.39. The minimum absolute atomic E-state index is 0.0349. The molecule has 3 heterocycles. The van der Waals surface area contributed by atoms with Gasteiger partial charge in [-0.3, -0.25) is 4.79 Å². The van der Waals surface area contributed by atoms with Crippen LogP contribution < -0.4 is 0 Å². The summed E-state index contributed by atoms with van der Waals surface area (Å²) in [7, 11) is -2.93. The van der Waals surface area contributed by atoms with E-state index in [-0.39, 0.29) is 28.6 Å². The summed E-state index contributed by atoms with van der Waals surface area (Å²) in [6.07, 6.45) is 1.89. The van der Waals surface area contributed by atoms with Gasteiger partial charge in [0.15, 0.2) is 15.6 Å². The van der Waals surface area contributed by atoms with E-state index in [1.165, 1.54) is 0 Å². The van der Waals surface area contributed by atoms with E-state index in [1.54, 1.807) is 0 Å². The van der Waals surface area contributed by atoms with Gasteiger partial charge in [0.1, 0.15) is 0 Å². The molecule has 0 bridgehead atoms. The van der Waals surface area contributed by atoms with Gasteiger partial charge in [-0.1, -0.05) is 27.7 Å². The van der Waals surface area contributed by atoms with E-state index in [0.29, 0.717) is 30.3 Å². The lowest BCUT2D eigenvalue weighted by atomic mass is 9.63. The van der Waals surface area contributed by atoms with Crippen molar-refractivity contribution in [2.45, 2.75) is 52.4 Å². The van der Waals surface area contributed by atoms with E-state index in [9.17, 15) is 13.2 Å². The second-order valence-corrected chi connectivity index (χ2v) is 12.6. The Labute approximate surface area is 181 Å². The van der Waals surface area contributed by atoms with Gasteiger partial charge in [0.2, 0.25) is 11.8 Å². The summed E-state index contributed by atoms with van der Waals surface area (Å²) >= 11 is 0. The molecule has 31 heavy (non-hydrogen) atoms. The van der Waals surface area contributed by atoms with Gasteiger partial charge in [0.25, 0.3) is 0 Å². The number of nitrogens with zero attached hydrogens (tertiary/aromatic N) is 2. The molecule has 1 fully saturated rings. The maximum Gasteiger partial charge on any atom is 0.247 e. The lowest BCUT2D eigenvalue weighted by Gasteiger charge is -2.39. The number of sulfone groups is 1. The molecule has 5 rings (SSSR count). The smallest absolute Gasteiger partial charge is 0.247 e. The van der Waals surface area contributed by atoms with Gasteiger partial charge in [-0.25, -0.2) is 8.42 Å². The Morgan fingerprint density at radius 2 is 1.94 bits per heavy atom. The lowest BCUT2D eigenvalue weighted by molar-refractivity contribution is 0.0760. The number of ketones is 1. The number of benzene rings is 1. The molecule has 2 aliphatic rings. The summed E-state index contributed by atoms with van der Waals surface area (Å²) in [5, 5.41) is 9.35. The van der Waals surface area contributed by atoms with Crippen LogP contribution in [-0.4, -0.2) is 40.9 Å². The third-order valence-electron chi connectivity index (χ3n) is 6.70. The monoisotopic (exact) mass is 441 g/mol. The summed E-state index contributed by atoms with van der Waals surface area (Å²) < 4.78 is 29.3. The Morgan fingerprint density at radius 3 is 2.65 bits per heavy atom. The molecule has 1 atom stereocenters. The zero-order valence-electron chi connectivity index (χ0n) is 18.3. The maximum atomic E-state index is 13.0. The number of aromatic nitrogens is 3. The first-order valence-electron chi connectivity index (χ1n) is 10.7. The fourth-order valence-corrected chi connectivity index (χ4v) is 7.40. The average Bonchev–Trinajstić information content (AvgIpc) is 3.35. The molecule has 8 heteroatoms. The van der Waals surface area contributed by atoms with Crippen molar-refractivity contribution in [1.82, 2.24) is 15.2 Å². The molecule has 0 radical (unpaired) electrons. The third kappa shape index (κ3) is 3.41. The van der Waals surface area contributed by atoms with Gasteiger partial charge < -0.3 is 9.40 Å². The van der Waals surface area contributed by atoms with Crippen molar-refractivity contribution in [3.63, 3.8) is 0 Å². The summed E-state index contributed by atoms with van der Waals surface area (Å²) in [6, 6.07) is 5.87. The molecule has 7 nitrogen and oxygen atoms in total. The average molecular weight is 442 g/mol. The fourth-order valence-electron chi connectivity index (χ4n) is 5.54. The molecule has 1 unspecified atom stereocenters. The number of hydrogen-bond acceptors (Lipinski definition) is 6. The second-order valence-electron chi connectivity index (χ2n) is 10.4. The molecule has 2 aromatic heterocycles. The molecule has 1 aliphatic carbocycles. The zero-order valence-corrected chi connectivity index (χ0v) is 19.1. The van der Waals surface area contributed by atoms with Crippen molar-refractivity contribution < 1.29 is 17.6 Å². The summed E-state index contributed by atoms with van der Waals surface area (Å²) in [6.45, 7) is 8.37. The first-order valence-corrected chi connectivity index (χ1v) is 12.5. The summed E-state index contributed by atoms with van der Waals surface area (Å²) in [4.78, 5) is 16.4. The number of fused-ring (bicyclic) bond motifs is 3. The van der Waals surface area contributed by atoms with Gasteiger partial charge in [-0.2, -0.15) is 0 Å². The zero-order chi connectivity index (χ0) is 22.2. The van der Waals surface area contributed by atoms with Crippen LogP contribution >= 0.6 is 0 Å². The van der Waals surface area contributed by atoms with Crippen LogP contribution in [0.5, 0.6) is 0 Å². The predicted octanol–water partition coefficient (Wildman–Crippen LogP) is 4.09. The molecule has 0 spiro atoms. The number of hydrogen-bond donors (Lipinski definition) is 1. The number of rotatable bonds is 3. The standard InChI is InChI=1S/C23H27N3O4S/c1-22(2)12-23(3,4)20(27)19-18(22)15-10-14(5-6-16(15)24-19)21-26-25-17(30-21)9-13-7-8-31(28,29)11-13/h5-6,10,13,24H,7-9,11-12H2,1-4H3. The van der Waals surface area contributed by atoms with E-state index >= 15 is 0 Å². The Balaban J connectivity index is 1.50. The topological polar surface area (TPSA) is 106 Å². The van der Waals surface area contributed by atoms with Crippen LogP contribution in [0.25, 0.3) is 22.4 Å². The third-order valence-corrected chi connectivity index (χ3v) is 8.54. The Kier molecular flexibility index (Phi) is 4.29. The van der Waals surface area contributed by atoms with Crippen LogP contribution in [0.15, 0.2) is 22.6 Å². The van der Waals surface area contributed by atoms with Crippen molar-refractivity contribution in [2.24, 2.45) is 11.3 Å². The number of Topliss-reactive ketones (excluding diaryl/α,β-unsaturated/α-hetero) is 1. The molecular formula is C23H27N3O4S. The minimum Gasteiger partial charge on any atom is -0.421 e. The Bertz CT molecular complexity index is 1310. The SMILES string of the molecule is CC1(C)CC(C)(C)c2c([nH]c3ccc(-c4nnc(CC5CCS(=O)(=O)C5)o4)cc23)C1=O. The maximum absolute atomic E-state index is 13.0. The van der Waals surface area contributed by atoms with E-state index in [2.05, 4.69) is 29.0 Å². The van der Waals surface area contributed by atoms with Crippen LogP contribution in [0.4, 0.5) is 0 Å². The molecular weight excluding hydrogens is 414 g/mol. The van der Waals surface area contributed by atoms with Crippen LogP contribution in [0, 0.1) is 11.3 Å². The van der Waals surface area contributed by atoms with Crippen molar-refractivity contribution >= 4 is 26.5 Å². The highest BCUT2D eigenvalue weighted by molar-refractivity contribution is 7.91. The highest BCUT2D eigenvalue weighted by Gasteiger charge is 2.45. The predicted molar refractivity (Wildman–Crippen MR) is 118 cm³/mol. The van der Waals surface area contributed by atoms with Gasteiger partial charge in [-0.05, 0) is 47.9 Å². The largest absolute Gasteiger partial charge is 0.421 e. The van der Waals surface area contributed by atoms with Crippen molar-refractivity contribution in [1.29, 1.82) is 0 Å². The molecule has 1 aliphatic heterocycles. The summed E-state index contributed by atoms with van der Waals surface area (Å²) in [5.74, 6) is 1.47. The van der Waals surface area contributed by atoms with Gasteiger partial charge in [0, 0.05) is 28.3 Å².